The Kier molecular flexibility index (Phi) is 6.39. The molecule has 1 aromatic heterocycles. The number of carbonyl (C=O) groups excluding carboxylic acids is 2. The summed E-state index contributed by atoms with van der Waals surface area (Å²) in [5.41, 5.74) is -0.0523. The molecule has 1 unspecified atom stereocenters. The van der Waals surface area contributed by atoms with Crippen molar-refractivity contribution < 1.29 is 23.8 Å². The van der Waals surface area contributed by atoms with Gasteiger partial charge in [-0.1, -0.05) is 12.1 Å². The van der Waals surface area contributed by atoms with Crippen molar-refractivity contribution in [2.75, 3.05) is 7.11 Å². The predicted octanol–water partition coefficient (Wildman–Crippen LogP) is 3.78. The summed E-state index contributed by atoms with van der Waals surface area (Å²) in [5.74, 6) is 2.08. The number of ether oxygens (including phenoxy) is 3. The number of nitrogens with zero attached hydrogens (tertiary/aromatic N) is 2. The van der Waals surface area contributed by atoms with Crippen molar-refractivity contribution in [1.82, 2.24) is 20.6 Å². The number of hydrogen-bond donors (Lipinski definition) is 2. The Labute approximate surface area is 191 Å². The van der Waals surface area contributed by atoms with Gasteiger partial charge >= 0.3 is 6.09 Å². The standard InChI is InChI=1S/C24H24N4O5/c1-16(17-3-5-19(6-4-17)32-20-9-7-18(31-2)8-10-20)27-22(29)24(11-12-24)28-23(30)33-21-13-25-15-26-14-21/h3-10,13-16H,11-12H2,1-2H3,(H,27,29)(H,28,30). The molecule has 1 heterocycles. The molecule has 2 amide bonds. The lowest BCUT2D eigenvalue weighted by atomic mass is 10.1. The van der Waals surface area contributed by atoms with Crippen LogP contribution in [0.15, 0.2) is 67.3 Å². The number of methoxy groups -OCH3 is 1. The van der Waals surface area contributed by atoms with E-state index in [1.165, 1.54) is 18.7 Å². The zero-order chi connectivity index (χ0) is 23.3. The van der Waals surface area contributed by atoms with Crippen molar-refractivity contribution in [2.45, 2.75) is 31.3 Å². The van der Waals surface area contributed by atoms with Gasteiger partial charge in [0.25, 0.3) is 0 Å². The molecule has 0 spiro atoms. The van der Waals surface area contributed by atoms with Crippen LogP contribution in [0.5, 0.6) is 23.0 Å². The summed E-state index contributed by atoms with van der Waals surface area (Å²) in [7, 11) is 1.61. The number of nitrogens with one attached hydrogen (secondary N) is 2. The summed E-state index contributed by atoms with van der Waals surface area (Å²) in [6, 6.07) is 14.5. The van der Waals surface area contributed by atoms with Gasteiger partial charge in [0.1, 0.15) is 29.1 Å². The lowest BCUT2D eigenvalue weighted by molar-refractivity contribution is -0.124. The third-order valence-electron chi connectivity index (χ3n) is 5.30. The van der Waals surface area contributed by atoms with E-state index in [2.05, 4.69) is 20.6 Å². The molecule has 0 saturated heterocycles. The number of carbonyl (C=O) groups is 2. The second-order valence-corrected chi connectivity index (χ2v) is 7.71. The largest absolute Gasteiger partial charge is 0.497 e. The second kappa shape index (κ2) is 9.56. The highest BCUT2D eigenvalue weighted by atomic mass is 16.6. The van der Waals surface area contributed by atoms with Crippen molar-refractivity contribution in [3.8, 4) is 23.0 Å². The number of rotatable bonds is 8. The molecule has 1 aliphatic rings. The molecule has 1 saturated carbocycles. The quantitative estimate of drug-likeness (QED) is 0.539. The first-order valence-electron chi connectivity index (χ1n) is 10.5. The third kappa shape index (κ3) is 5.57. The van der Waals surface area contributed by atoms with Crippen molar-refractivity contribution in [3.63, 3.8) is 0 Å². The van der Waals surface area contributed by atoms with Gasteiger partial charge in [-0.05, 0) is 61.7 Å². The van der Waals surface area contributed by atoms with E-state index in [1.54, 1.807) is 7.11 Å². The summed E-state index contributed by atoms with van der Waals surface area (Å²) < 4.78 is 16.1. The Morgan fingerprint density at radius 2 is 1.48 bits per heavy atom. The SMILES string of the molecule is COc1ccc(Oc2ccc(C(C)NC(=O)C3(NC(=O)Oc4cncnc4)CC3)cc2)cc1. The number of benzene rings is 2. The van der Waals surface area contributed by atoms with Crippen molar-refractivity contribution in [2.24, 2.45) is 0 Å². The fourth-order valence-electron chi connectivity index (χ4n) is 3.22. The lowest BCUT2D eigenvalue weighted by Gasteiger charge is -2.21. The maximum atomic E-state index is 12.8. The molecule has 0 radical (unpaired) electrons. The maximum Gasteiger partial charge on any atom is 0.413 e. The molecule has 9 heteroatoms. The monoisotopic (exact) mass is 448 g/mol. The normalized spacial score (nSPS) is 14.5. The average Bonchev–Trinajstić information content (AvgIpc) is 3.61. The molecule has 0 aliphatic heterocycles. The van der Waals surface area contributed by atoms with E-state index in [4.69, 9.17) is 14.2 Å². The fourth-order valence-corrected chi connectivity index (χ4v) is 3.22. The van der Waals surface area contributed by atoms with E-state index in [0.717, 1.165) is 11.3 Å². The Morgan fingerprint density at radius 1 is 0.909 bits per heavy atom. The molecule has 2 N–H and O–H groups in total. The molecular formula is C24H24N4O5. The Morgan fingerprint density at radius 3 is 2.06 bits per heavy atom. The van der Waals surface area contributed by atoms with Crippen LogP contribution in [0.4, 0.5) is 4.79 Å². The van der Waals surface area contributed by atoms with Crippen LogP contribution in [0.2, 0.25) is 0 Å². The molecule has 1 atom stereocenters. The predicted molar refractivity (Wildman–Crippen MR) is 119 cm³/mol. The molecule has 33 heavy (non-hydrogen) atoms. The first-order chi connectivity index (χ1) is 16.0. The summed E-state index contributed by atoms with van der Waals surface area (Å²) in [5, 5.41) is 5.62. The zero-order valence-electron chi connectivity index (χ0n) is 18.3. The van der Waals surface area contributed by atoms with Gasteiger partial charge in [0, 0.05) is 0 Å². The Bertz CT molecular complexity index is 1100. The number of hydrogen-bond acceptors (Lipinski definition) is 7. The van der Waals surface area contributed by atoms with Gasteiger partial charge in [0.05, 0.1) is 25.5 Å². The highest BCUT2D eigenvalue weighted by Crippen LogP contribution is 2.36. The summed E-state index contributed by atoms with van der Waals surface area (Å²) in [6.45, 7) is 1.88. The van der Waals surface area contributed by atoms with Gasteiger partial charge in [-0.25, -0.2) is 14.8 Å². The van der Waals surface area contributed by atoms with Gasteiger partial charge in [-0.2, -0.15) is 0 Å². The zero-order valence-corrected chi connectivity index (χ0v) is 18.3. The van der Waals surface area contributed by atoms with Crippen molar-refractivity contribution >= 4 is 12.0 Å². The summed E-state index contributed by atoms with van der Waals surface area (Å²) in [6.07, 6.45) is 4.44. The molecule has 2 aromatic carbocycles. The molecular weight excluding hydrogens is 424 g/mol. The average molecular weight is 448 g/mol. The minimum Gasteiger partial charge on any atom is -0.497 e. The topological polar surface area (TPSA) is 112 Å². The molecule has 4 rings (SSSR count). The molecule has 3 aromatic rings. The molecule has 170 valence electrons. The lowest BCUT2D eigenvalue weighted by Crippen LogP contribution is -2.50. The van der Waals surface area contributed by atoms with Crippen LogP contribution < -0.4 is 24.8 Å². The minimum absolute atomic E-state index is 0.205. The highest BCUT2D eigenvalue weighted by Gasteiger charge is 2.52. The fraction of sp³-hybridized carbons (Fsp3) is 0.250. The van der Waals surface area contributed by atoms with Gasteiger partial charge in [-0.15, -0.1) is 0 Å². The van der Waals surface area contributed by atoms with E-state index in [1.807, 2.05) is 55.5 Å². The van der Waals surface area contributed by atoms with E-state index < -0.39 is 11.6 Å². The van der Waals surface area contributed by atoms with Crippen LogP contribution in [-0.4, -0.2) is 34.6 Å². The van der Waals surface area contributed by atoms with Crippen LogP contribution in [0, 0.1) is 0 Å². The second-order valence-electron chi connectivity index (χ2n) is 7.71. The van der Waals surface area contributed by atoms with Gasteiger partial charge in [0.2, 0.25) is 5.91 Å². The van der Waals surface area contributed by atoms with E-state index in [9.17, 15) is 9.59 Å². The van der Waals surface area contributed by atoms with Gasteiger partial charge < -0.3 is 24.8 Å². The minimum atomic E-state index is -0.960. The van der Waals surface area contributed by atoms with E-state index >= 15 is 0 Å². The molecule has 0 bridgehead atoms. The third-order valence-corrected chi connectivity index (χ3v) is 5.30. The number of amides is 2. The van der Waals surface area contributed by atoms with Gasteiger partial charge in [0.15, 0.2) is 5.75 Å². The van der Waals surface area contributed by atoms with Crippen LogP contribution in [0.3, 0.4) is 0 Å². The van der Waals surface area contributed by atoms with Gasteiger partial charge in [-0.3, -0.25) is 4.79 Å². The highest BCUT2D eigenvalue weighted by molar-refractivity contribution is 5.93. The molecule has 1 fully saturated rings. The van der Waals surface area contributed by atoms with Crippen LogP contribution >= 0.6 is 0 Å². The van der Waals surface area contributed by atoms with Crippen molar-refractivity contribution in [1.29, 1.82) is 0 Å². The van der Waals surface area contributed by atoms with Crippen LogP contribution in [0.25, 0.3) is 0 Å². The van der Waals surface area contributed by atoms with Crippen LogP contribution in [0.1, 0.15) is 31.4 Å². The smallest absolute Gasteiger partial charge is 0.413 e. The Hall–Kier alpha value is -4.14. The Balaban J connectivity index is 1.31. The first kappa shape index (κ1) is 22.1. The summed E-state index contributed by atoms with van der Waals surface area (Å²) >= 11 is 0. The molecule has 1 aliphatic carbocycles. The number of aromatic nitrogens is 2. The maximum absolute atomic E-state index is 12.8. The summed E-state index contributed by atoms with van der Waals surface area (Å²) in [4.78, 5) is 32.6. The van der Waals surface area contributed by atoms with E-state index in [0.29, 0.717) is 24.3 Å². The van der Waals surface area contributed by atoms with Crippen molar-refractivity contribution in [3.05, 3.63) is 72.8 Å². The first-order valence-corrected chi connectivity index (χ1v) is 10.5. The molecule has 9 nitrogen and oxygen atoms in total. The van der Waals surface area contributed by atoms with E-state index in [-0.39, 0.29) is 17.7 Å². The van der Waals surface area contributed by atoms with Crippen LogP contribution in [-0.2, 0) is 4.79 Å².